The van der Waals surface area contributed by atoms with E-state index in [-0.39, 0.29) is 6.03 Å². The molecule has 116 valence electrons. The molecule has 1 aliphatic heterocycles. The van der Waals surface area contributed by atoms with Crippen LogP contribution in [-0.4, -0.2) is 62.3 Å². The van der Waals surface area contributed by atoms with Gasteiger partial charge in [-0.05, 0) is 12.0 Å². The van der Waals surface area contributed by atoms with E-state index in [4.69, 9.17) is 4.74 Å². The number of amides is 2. The lowest BCUT2D eigenvalue weighted by Crippen LogP contribution is -2.51. The zero-order valence-electron chi connectivity index (χ0n) is 12.8. The highest BCUT2D eigenvalue weighted by Gasteiger charge is 2.20. The zero-order valence-corrected chi connectivity index (χ0v) is 12.8. The van der Waals surface area contributed by atoms with Gasteiger partial charge >= 0.3 is 6.03 Å². The van der Waals surface area contributed by atoms with Crippen molar-refractivity contribution >= 4 is 6.03 Å². The summed E-state index contributed by atoms with van der Waals surface area (Å²) in [4.78, 5) is 16.3. The van der Waals surface area contributed by atoms with Crippen LogP contribution in [0.15, 0.2) is 30.3 Å². The fourth-order valence-corrected chi connectivity index (χ4v) is 2.47. The second-order valence-corrected chi connectivity index (χ2v) is 5.33. The molecule has 5 nitrogen and oxygen atoms in total. The third-order valence-electron chi connectivity index (χ3n) is 3.71. The number of rotatable bonds is 6. The van der Waals surface area contributed by atoms with E-state index in [9.17, 15) is 4.79 Å². The number of nitrogens with one attached hydrogen (secondary N) is 1. The number of ether oxygens (including phenoxy) is 1. The minimum atomic E-state index is 0.0467. The van der Waals surface area contributed by atoms with E-state index in [0.29, 0.717) is 13.2 Å². The van der Waals surface area contributed by atoms with E-state index in [1.54, 1.807) is 7.11 Å². The van der Waals surface area contributed by atoms with Crippen LogP contribution in [0.3, 0.4) is 0 Å². The van der Waals surface area contributed by atoms with Crippen LogP contribution in [-0.2, 0) is 11.3 Å². The van der Waals surface area contributed by atoms with Crippen LogP contribution < -0.4 is 5.32 Å². The van der Waals surface area contributed by atoms with Crippen molar-refractivity contribution in [3.63, 3.8) is 0 Å². The van der Waals surface area contributed by atoms with E-state index in [1.165, 1.54) is 5.56 Å². The Morgan fingerprint density at radius 3 is 2.57 bits per heavy atom. The van der Waals surface area contributed by atoms with Gasteiger partial charge in [0.1, 0.15) is 0 Å². The number of hydrogen-bond acceptors (Lipinski definition) is 3. The number of carbonyl (C=O) groups is 1. The number of methoxy groups -OCH3 is 1. The average Bonchev–Trinajstić information content (AvgIpc) is 2.53. The van der Waals surface area contributed by atoms with Gasteiger partial charge in [0, 0.05) is 53.0 Å². The van der Waals surface area contributed by atoms with E-state index in [2.05, 4.69) is 34.5 Å². The van der Waals surface area contributed by atoms with Crippen molar-refractivity contribution in [3.05, 3.63) is 35.9 Å². The minimum Gasteiger partial charge on any atom is -0.385 e. The molecule has 1 aliphatic rings. The lowest BCUT2D eigenvalue weighted by atomic mass is 10.2. The van der Waals surface area contributed by atoms with E-state index < -0.39 is 0 Å². The molecule has 2 amide bonds. The first-order valence-electron chi connectivity index (χ1n) is 7.57. The van der Waals surface area contributed by atoms with Gasteiger partial charge in [0.25, 0.3) is 0 Å². The number of benzene rings is 1. The molecule has 0 aliphatic carbocycles. The summed E-state index contributed by atoms with van der Waals surface area (Å²) in [6.45, 7) is 5.78. The van der Waals surface area contributed by atoms with Crippen LogP contribution in [0, 0.1) is 0 Å². The van der Waals surface area contributed by atoms with Crippen LogP contribution >= 0.6 is 0 Å². The molecule has 1 N–H and O–H groups in total. The molecule has 1 heterocycles. The van der Waals surface area contributed by atoms with Gasteiger partial charge in [0.05, 0.1) is 0 Å². The maximum atomic E-state index is 12.0. The van der Waals surface area contributed by atoms with E-state index in [0.717, 1.165) is 39.1 Å². The Kier molecular flexibility index (Phi) is 6.50. The highest BCUT2D eigenvalue weighted by atomic mass is 16.5. The van der Waals surface area contributed by atoms with E-state index in [1.807, 2.05) is 11.0 Å². The number of piperazine rings is 1. The van der Waals surface area contributed by atoms with Crippen LogP contribution in [0.25, 0.3) is 0 Å². The molecule has 0 aromatic heterocycles. The van der Waals surface area contributed by atoms with Gasteiger partial charge in [-0.2, -0.15) is 0 Å². The Hall–Kier alpha value is -1.59. The number of carbonyl (C=O) groups excluding carboxylic acids is 1. The first-order valence-corrected chi connectivity index (χ1v) is 7.57. The quantitative estimate of drug-likeness (QED) is 0.809. The number of hydrogen-bond donors (Lipinski definition) is 1. The highest BCUT2D eigenvalue weighted by Crippen LogP contribution is 2.08. The van der Waals surface area contributed by atoms with Crippen molar-refractivity contribution in [1.82, 2.24) is 15.1 Å². The molecule has 0 saturated carbocycles. The van der Waals surface area contributed by atoms with Crippen LogP contribution in [0.4, 0.5) is 4.79 Å². The molecule has 1 saturated heterocycles. The monoisotopic (exact) mass is 291 g/mol. The third kappa shape index (κ3) is 5.36. The van der Waals surface area contributed by atoms with Gasteiger partial charge in [-0.15, -0.1) is 0 Å². The molecule has 21 heavy (non-hydrogen) atoms. The second kappa shape index (κ2) is 8.64. The molecular weight excluding hydrogens is 266 g/mol. The summed E-state index contributed by atoms with van der Waals surface area (Å²) in [5.41, 5.74) is 1.33. The summed E-state index contributed by atoms with van der Waals surface area (Å²) in [5.74, 6) is 0. The fourth-order valence-electron chi connectivity index (χ4n) is 2.47. The van der Waals surface area contributed by atoms with Crippen molar-refractivity contribution < 1.29 is 9.53 Å². The summed E-state index contributed by atoms with van der Waals surface area (Å²) in [5, 5.41) is 2.94. The smallest absolute Gasteiger partial charge is 0.317 e. The summed E-state index contributed by atoms with van der Waals surface area (Å²) < 4.78 is 4.97. The Balaban J connectivity index is 1.67. The van der Waals surface area contributed by atoms with Crippen LogP contribution in [0.1, 0.15) is 12.0 Å². The molecule has 0 atom stereocenters. The van der Waals surface area contributed by atoms with Crippen LogP contribution in [0.5, 0.6) is 0 Å². The van der Waals surface area contributed by atoms with E-state index >= 15 is 0 Å². The largest absolute Gasteiger partial charge is 0.385 e. The molecule has 1 aromatic rings. The Morgan fingerprint density at radius 2 is 1.90 bits per heavy atom. The highest BCUT2D eigenvalue weighted by molar-refractivity contribution is 5.74. The maximum Gasteiger partial charge on any atom is 0.317 e. The second-order valence-electron chi connectivity index (χ2n) is 5.33. The summed E-state index contributed by atoms with van der Waals surface area (Å²) in [6.07, 6.45) is 0.857. The summed E-state index contributed by atoms with van der Waals surface area (Å²) in [7, 11) is 1.67. The van der Waals surface area contributed by atoms with Crippen molar-refractivity contribution in [2.75, 3.05) is 46.4 Å². The van der Waals surface area contributed by atoms with Gasteiger partial charge < -0.3 is 15.0 Å². The maximum absolute atomic E-state index is 12.0. The summed E-state index contributed by atoms with van der Waals surface area (Å²) >= 11 is 0. The lowest BCUT2D eigenvalue weighted by Gasteiger charge is -2.34. The average molecular weight is 291 g/mol. The third-order valence-corrected chi connectivity index (χ3v) is 3.71. The standard InChI is InChI=1S/C16H25N3O2/c1-21-13-5-8-17-16(20)19-11-9-18(10-12-19)14-15-6-3-2-4-7-15/h2-4,6-7H,5,8-14H2,1H3,(H,17,20). The lowest BCUT2D eigenvalue weighted by molar-refractivity contribution is 0.134. The number of urea groups is 1. The van der Waals surface area contributed by atoms with Crippen molar-refractivity contribution in [1.29, 1.82) is 0 Å². The molecule has 2 rings (SSSR count). The normalized spacial score (nSPS) is 16.0. The molecule has 0 radical (unpaired) electrons. The molecule has 1 aromatic carbocycles. The molecule has 5 heteroatoms. The van der Waals surface area contributed by atoms with Crippen molar-refractivity contribution in [3.8, 4) is 0 Å². The Bertz CT molecular complexity index is 417. The summed E-state index contributed by atoms with van der Waals surface area (Å²) in [6, 6.07) is 10.5. The zero-order chi connectivity index (χ0) is 14.9. The molecule has 0 bridgehead atoms. The molecule has 0 spiro atoms. The van der Waals surface area contributed by atoms with Crippen molar-refractivity contribution in [2.24, 2.45) is 0 Å². The SMILES string of the molecule is COCCCNC(=O)N1CCN(Cc2ccccc2)CC1. The Morgan fingerprint density at radius 1 is 1.19 bits per heavy atom. The van der Waals surface area contributed by atoms with Gasteiger partial charge in [0.2, 0.25) is 0 Å². The minimum absolute atomic E-state index is 0.0467. The Labute approximate surface area is 126 Å². The first-order chi connectivity index (χ1) is 10.3. The topological polar surface area (TPSA) is 44.8 Å². The van der Waals surface area contributed by atoms with Gasteiger partial charge in [-0.1, -0.05) is 30.3 Å². The predicted molar refractivity (Wildman–Crippen MR) is 83.2 cm³/mol. The first kappa shape index (κ1) is 15.8. The van der Waals surface area contributed by atoms with Gasteiger partial charge in [-0.25, -0.2) is 4.79 Å². The van der Waals surface area contributed by atoms with Gasteiger partial charge in [-0.3, -0.25) is 4.90 Å². The van der Waals surface area contributed by atoms with Crippen LogP contribution in [0.2, 0.25) is 0 Å². The number of nitrogens with zero attached hydrogens (tertiary/aromatic N) is 2. The molecule has 0 unspecified atom stereocenters. The molecule has 1 fully saturated rings. The molecular formula is C16H25N3O2. The van der Waals surface area contributed by atoms with Gasteiger partial charge in [0.15, 0.2) is 0 Å². The van der Waals surface area contributed by atoms with Crippen molar-refractivity contribution in [2.45, 2.75) is 13.0 Å². The fraction of sp³-hybridized carbons (Fsp3) is 0.562. The predicted octanol–water partition coefficient (Wildman–Crippen LogP) is 1.55.